The van der Waals surface area contributed by atoms with Crippen LogP contribution in [0.2, 0.25) is 0 Å². The van der Waals surface area contributed by atoms with Gasteiger partial charge in [0.15, 0.2) is 0 Å². The first-order valence-electron chi connectivity index (χ1n) is 7.15. The maximum Gasteiger partial charge on any atom is 0.0677 e. The third-order valence-electron chi connectivity index (χ3n) is 4.42. The molecule has 0 saturated heterocycles. The fraction of sp³-hybridized carbons (Fsp3) is 0.562. The van der Waals surface area contributed by atoms with Gasteiger partial charge in [0, 0.05) is 11.7 Å². The average molecular weight is 240 g/mol. The van der Waals surface area contributed by atoms with Gasteiger partial charge < -0.3 is 5.32 Å². The topological polar surface area (TPSA) is 35.8 Å². The van der Waals surface area contributed by atoms with Crippen LogP contribution in [0.5, 0.6) is 0 Å². The van der Waals surface area contributed by atoms with Gasteiger partial charge in [-0.3, -0.25) is 0 Å². The van der Waals surface area contributed by atoms with E-state index < -0.39 is 0 Å². The summed E-state index contributed by atoms with van der Waals surface area (Å²) in [5.74, 6) is 0.199. The molecule has 1 N–H and O–H groups in total. The lowest BCUT2D eigenvalue weighted by Gasteiger charge is -2.24. The zero-order valence-electron chi connectivity index (χ0n) is 10.8. The lowest BCUT2D eigenvalue weighted by Crippen LogP contribution is -2.24. The molecule has 2 aliphatic carbocycles. The van der Waals surface area contributed by atoms with E-state index in [4.69, 9.17) is 5.26 Å². The molecular weight excluding hydrogens is 220 g/mol. The minimum absolute atomic E-state index is 0.199. The highest BCUT2D eigenvalue weighted by molar-refractivity contribution is 5.56. The van der Waals surface area contributed by atoms with Crippen molar-refractivity contribution in [2.24, 2.45) is 5.92 Å². The predicted octanol–water partition coefficient (Wildman–Crippen LogP) is 3.67. The summed E-state index contributed by atoms with van der Waals surface area (Å²) < 4.78 is 0. The molecule has 1 aromatic rings. The summed E-state index contributed by atoms with van der Waals surface area (Å²) in [6, 6.07) is 9.42. The van der Waals surface area contributed by atoms with Gasteiger partial charge in [0.05, 0.1) is 12.0 Å². The van der Waals surface area contributed by atoms with Crippen molar-refractivity contribution in [3.8, 4) is 6.07 Å². The Kier molecular flexibility index (Phi) is 3.23. The summed E-state index contributed by atoms with van der Waals surface area (Å²) in [5.41, 5.74) is 4.31. The van der Waals surface area contributed by atoms with Gasteiger partial charge in [-0.15, -0.1) is 0 Å². The summed E-state index contributed by atoms with van der Waals surface area (Å²) in [4.78, 5) is 0. The van der Waals surface area contributed by atoms with Crippen LogP contribution in [0.4, 0.5) is 5.69 Å². The van der Waals surface area contributed by atoms with E-state index in [0.29, 0.717) is 6.04 Å². The Morgan fingerprint density at radius 2 is 2.00 bits per heavy atom. The van der Waals surface area contributed by atoms with Crippen LogP contribution in [0.25, 0.3) is 0 Å². The molecule has 3 rings (SSSR count). The summed E-state index contributed by atoms with van der Waals surface area (Å²) in [7, 11) is 0. The molecule has 0 aliphatic heterocycles. The van der Waals surface area contributed by atoms with Crippen LogP contribution >= 0.6 is 0 Å². The van der Waals surface area contributed by atoms with Crippen molar-refractivity contribution in [2.75, 3.05) is 5.32 Å². The Balaban J connectivity index is 1.82. The van der Waals surface area contributed by atoms with Gasteiger partial charge in [-0.05, 0) is 62.1 Å². The zero-order chi connectivity index (χ0) is 12.4. The van der Waals surface area contributed by atoms with E-state index >= 15 is 0 Å². The molecule has 2 heteroatoms. The van der Waals surface area contributed by atoms with Crippen LogP contribution in [0.15, 0.2) is 18.2 Å². The molecule has 0 radical (unpaired) electrons. The molecule has 0 aromatic heterocycles. The average Bonchev–Trinajstić information content (AvgIpc) is 2.86. The van der Waals surface area contributed by atoms with Crippen molar-refractivity contribution in [2.45, 2.75) is 51.0 Å². The van der Waals surface area contributed by atoms with E-state index in [9.17, 15) is 0 Å². The van der Waals surface area contributed by atoms with Crippen molar-refractivity contribution in [3.63, 3.8) is 0 Å². The standard InChI is InChI=1S/C16H20N2/c17-11-13-7-4-9-15(13)18-16-10-3-6-12-5-1-2-8-14(12)16/h3,6,10,13,15,18H,1-2,4-5,7-9H2. The predicted molar refractivity (Wildman–Crippen MR) is 73.4 cm³/mol. The van der Waals surface area contributed by atoms with E-state index in [-0.39, 0.29) is 5.92 Å². The van der Waals surface area contributed by atoms with Gasteiger partial charge in [-0.25, -0.2) is 0 Å². The monoisotopic (exact) mass is 240 g/mol. The Bertz CT molecular complexity index is 472. The smallest absolute Gasteiger partial charge is 0.0677 e. The van der Waals surface area contributed by atoms with Crippen molar-refractivity contribution in [1.82, 2.24) is 0 Å². The van der Waals surface area contributed by atoms with Crippen LogP contribution in [0, 0.1) is 17.2 Å². The molecule has 0 amide bonds. The van der Waals surface area contributed by atoms with Gasteiger partial charge in [0.1, 0.15) is 0 Å². The van der Waals surface area contributed by atoms with Crippen LogP contribution in [0.1, 0.15) is 43.2 Å². The fourth-order valence-electron chi connectivity index (χ4n) is 3.40. The summed E-state index contributed by atoms with van der Waals surface area (Å²) in [6.07, 6.45) is 8.42. The summed E-state index contributed by atoms with van der Waals surface area (Å²) >= 11 is 0. The molecular formula is C16H20N2. The minimum Gasteiger partial charge on any atom is -0.381 e. The Morgan fingerprint density at radius 1 is 1.11 bits per heavy atom. The quantitative estimate of drug-likeness (QED) is 0.856. The second kappa shape index (κ2) is 5.02. The molecule has 0 heterocycles. The Hall–Kier alpha value is -1.49. The number of aryl methyl sites for hydroxylation is 1. The van der Waals surface area contributed by atoms with Crippen LogP contribution < -0.4 is 5.32 Å². The Morgan fingerprint density at radius 3 is 2.89 bits per heavy atom. The second-order valence-corrected chi connectivity index (χ2v) is 5.57. The van der Waals surface area contributed by atoms with Crippen molar-refractivity contribution in [3.05, 3.63) is 29.3 Å². The number of benzene rings is 1. The maximum absolute atomic E-state index is 9.16. The lowest BCUT2D eigenvalue weighted by molar-refractivity contribution is 0.625. The van der Waals surface area contributed by atoms with E-state index in [1.165, 1.54) is 48.9 Å². The molecule has 94 valence electrons. The largest absolute Gasteiger partial charge is 0.381 e. The van der Waals surface area contributed by atoms with Crippen molar-refractivity contribution >= 4 is 5.69 Å². The normalized spacial score (nSPS) is 26.4. The van der Waals surface area contributed by atoms with E-state index in [0.717, 1.165) is 12.8 Å². The van der Waals surface area contributed by atoms with Crippen LogP contribution in [-0.4, -0.2) is 6.04 Å². The maximum atomic E-state index is 9.16. The summed E-state index contributed by atoms with van der Waals surface area (Å²) in [5, 5.41) is 12.8. The molecule has 2 nitrogen and oxygen atoms in total. The van der Waals surface area contributed by atoms with Gasteiger partial charge in [0.2, 0.25) is 0 Å². The van der Waals surface area contributed by atoms with Crippen LogP contribution in [0.3, 0.4) is 0 Å². The molecule has 1 fully saturated rings. The molecule has 1 aromatic carbocycles. The second-order valence-electron chi connectivity index (χ2n) is 5.57. The van der Waals surface area contributed by atoms with Crippen LogP contribution in [-0.2, 0) is 12.8 Å². The number of nitriles is 1. The summed E-state index contributed by atoms with van der Waals surface area (Å²) in [6.45, 7) is 0. The number of rotatable bonds is 2. The molecule has 0 bridgehead atoms. The van der Waals surface area contributed by atoms with Gasteiger partial charge in [-0.1, -0.05) is 12.1 Å². The highest BCUT2D eigenvalue weighted by Crippen LogP contribution is 2.32. The number of nitrogens with zero attached hydrogens (tertiary/aromatic N) is 1. The SMILES string of the molecule is N#CC1CCCC1Nc1cccc2c1CCCC2. The Labute approximate surface area is 109 Å². The molecule has 2 aliphatic rings. The fourth-order valence-corrected chi connectivity index (χ4v) is 3.40. The van der Waals surface area contributed by atoms with Gasteiger partial charge in [0.25, 0.3) is 0 Å². The first-order valence-corrected chi connectivity index (χ1v) is 7.15. The minimum atomic E-state index is 0.199. The highest BCUT2D eigenvalue weighted by atomic mass is 14.9. The molecule has 0 spiro atoms. The van der Waals surface area contributed by atoms with Crippen molar-refractivity contribution < 1.29 is 0 Å². The van der Waals surface area contributed by atoms with E-state index in [2.05, 4.69) is 29.6 Å². The van der Waals surface area contributed by atoms with Crippen molar-refractivity contribution in [1.29, 1.82) is 5.26 Å². The van der Waals surface area contributed by atoms with E-state index in [1.807, 2.05) is 0 Å². The van der Waals surface area contributed by atoms with E-state index in [1.54, 1.807) is 0 Å². The number of hydrogen-bond acceptors (Lipinski definition) is 2. The van der Waals surface area contributed by atoms with Gasteiger partial charge in [-0.2, -0.15) is 5.26 Å². The number of nitrogens with one attached hydrogen (secondary N) is 1. The number of hydrogen-bond donors (Lipinski definition) is 1. The third-order valence-corrected chi connectivity index (χ3v) is 4.42. The lowest BCUT2D eigenvalue weighted by atomic mass is 9.90. The highest BCUT2D eigenvalue weighted by Gasteiger charge is 2.27. The molecule has 2 atom stereocenters. The first kappa shape index (κ1) is 11.6. The van der Waals surface area contributed by atoms with Gasteiger partial charge >= 0.3 is 0 Å². The molecule has 1 saturated carbocycles. The number of anilines is 1. The molecule has 2 unspecified atom stereocenters. The number of fused-ring (bicyclic) bond motifs is 1. The zero-order valence-corrected chi connectivity index (χ0v) is 10.8. The first-order chi connectivity index (χ1) is 8.88. The molecule has 18 heavy (non-hydrogen) atoms. The third kappa shape index (κ3) is 2.10.